The number of carbonyl (C=O) groups is 1. The van der Waals surface area contributed by atoms with Crippen molar-refractivity contribution in [3.63, 3.8) is 0 Å². The molecule has 1 amide bonds. The number of amides is 1. The molecule has 0 aliphatic heterocycles. The summed E-state index contributed by atoms with van der Waals surface area (Å²) < 4.78 is 0. The molecule has 0 heterocycles. The molecule has 0 unspecified atom stereocenters. The molecular formula is C26H55N3O. The molecule has 0 fully saturated rings. The average Bonchev–Trinajstić information content (AvgIpc) is 2.72. The van der Waals surface area contributed by atoms with Crippen molar-refractivity contribution in [2.45, 2.75) is 122 Å². The quantitative estimate of drug-likeness (QED) is 0.178. The van der Waals surface area contributed by atoms with Crippen molar-refractivity contribution in [1.82, 2.24) is 15.5 Å². The standard InChI is InChI=1S/C26H55N3O/c1-4-5-6-7-8-9-10-11-12-13-14-15-16-17-18-21-26(30)28-24-19-22-27-23-20-25-29(2)3/h27H,4-25H2,1-3H3,(H,28,30). The van der Waals surface area contributed by atoms with Gasteiger partial charge < -0.3 is 15.5 Å². The fourth-order valence-electron chi connectivity index (χ4n) is 3.83. The molecule has 0 aliphatic rings. The molecule has 0 rings (SSSR count). The predicted octanol–water partition coefficient (Wildman–Crippen LogP) is 6.30. The van der Waals surface area contributed by atoms with E-state index in [-0.39, 0.29) is 5.91 Å². The summed E-state index contributed by atoms with van der Waals surface area (Å²) in [5.74, 6) is 0.234. The van der Waals surface area contributed by atoms with Gasteiger partial charge >= 0.3 is 0 Å². The normalized spacial score (nSPS) is 11.3. The molecule has 0 radical (unpaired) electrons. The number of rotatable bonds is 24. The second-order valence-corrected chi connectivity index (χ2v) is 9.31. The van der Waals surface area contributed by atoms with Crippen LogP contribution in [0.25, 0.3) is 0 Å². The lowest BCUT2D eigenvalue weighted by Gasteiger charge is -2.10. The second-order valence-electron chi connectivity index (χ2n) is 9.31. The summed E-state index contributed by atoms with van der Waals surface area (Å²) in [6, 6.07) is 0. The number of hydrogen-bond acceptors (Lipinski definition) is 3. The van der Waals surface area contributed by atoms with Gasteiger partial charge in [-0.05, 0) is 53.0 Å². The van der Waals surface area contributed by atoms with Gasteiger partial charge in [-0.15, -0.1) is 0 Å². The number of nitrogens with one attached hydrogen (secondary N) is 2. The van der Waals surface area contributed by atoms with E-state index >= 15 is 0 Å². The van der Waals surface area contributed by atoms with Gasteiger partial charge in [0.2, 0.25) is 5.91 Å². The van der Waals surface area contributed by atoms with E-state index in [1.807, 2.05) is 0 Å². The molecule has 0 aromatic carbocycles. The van der Waals surface area contributed by atoms with Crippen LogP contribution in [0.2, 0.25) is 0 Å². The highest BCUT2D eigenvalue weighted by Crippen LogP contribution is 2.13. The number of carbonyl (C=O) groups excluding carboxylic acids is 1. The van der Waals surface area contributed by atoms with Crippen LogP contribution in [-0.2, 0) is 4.79 Å². The zero-order valence-corrected chi connectivity index (χ0v) is 20.9. The van der Waals surface area contributed by atoms with Crippen LogP contribution in [-0.4, -0.2) is 51.1 Å². The summed E-state index contributed by atoms with van der Waals surface area (Å²) in [6.07, 6.45) is 23.4. The van der Waals surface area contributed by atoms with Crippen molar-refractivity contribution in [3.05, 3.63) is 0 Å². The number of hydrogen-bond donors (Lipinski definition) is 2. The topological polar surface area (TPSA) is 44.4 Å². The maximum atomic E-state index is 11.9. The van der Waals surface area contributed by atoms with Gasteiger partial charge in [-0.1, -0.05) is 96.8 Å². The lowest BCUT2D eigenvalue weighted by molar-refractivity contribution is -0.121. The van der Waals surface area contributed by atoms with Crippen LogP contribution in [0.3, 0.4) is 0 Å². The summed E-state index contributed by atoms with van der Waals surface area (Å²) in [5, 5.41) is 6.49. The van der Waals surface area contributed by atoms with Crippen molar-refractivity contribution in [1.29, 1.82) is 0 Å². The van der Waals surface area contributed by atoms with Crippen LogP contribution < -0.4 is 10.6 Å². The Bertz CT molecular complexity index is 347. The molecule has 0 spiro atoms. The van der Waals surface area contributed by atoms with Gasteiger partial charge in [0.05, 0.1) is 0 Å². The molecule has 0 aromatic heterocycles. The summed E-state index contributed by atoms with van der Waals surface area (Å²) in [4.78, 5) is 14.1. The molecule has 0 aliphatic carbocycles. The van der Waals surface area contributed by atoms with Gasteiger partial charge in [0, 0.05) is 13.0 Å². The Kier molecular flexibility index (Phi) is 24.2. The fraction of sp³-hybridized carbons (Fsp3) is 0.962. The minimum absolute atomic E-state index is 0.234. The monoisotopic (exact) mass is 425 g/mol. The Balaban J connectivity index is 3.14. The molecule has 0 aromatic rings. The first kappa shape index (κ1) is 29.4. The zero-order valence-electron chi connectivity index (χ0n) is 20.9. The molecule has 4 nitrogen and oxygen atoms in total. The third-order valence-corrected chi connectivity index (χ3v) is 5.82. The predicted molar refractivity (Wildman–Crippen MR) is 133 cm³/mol. The molecular weight excluding hydrogens is 370 g/mol. The minimum atomic E-state index is 0.234. The smallest absolute Gasteiger partial charge is 0.219 e. The van der Waals surface area contributed by atoms with Gasteiger partial charge in [0.25, 0.3) is 0 Å². The van der Waals surface area contributed by atoms with Crippen molar-refractivity contribution in [2.24, 2.45) is 0 Å². The molecule has 2 N–H and O–H groups in total. The van der Waals surface area contributed by atoms with E-state index in [1.54, 1.807) is 0 Å². The highest BCUT2D eigenvalue weighted by molar-refractivity contribution is 5.75. The SMILES string of the molecule is CCCCCCCCCCCCCCCCCC(=O)NCCCNCCCN(C)C. The molecule has 0 saturated heterocycles. The van der Waals surface area contributed by atoms with Crippen LogP contribution in [0.4, 0.5) is 0 Å². The Morgan fingerprint density at radius 2 is 1.07 bits per heavy atom. The third-order valence-electron chi connectivity index (χ3n) is 5.82. The summed E-state index contributed by atoms with van der Waals surface area (Å²) in [6.45, 7) is 6.27. The maximum absolute atomic E-state index is 11.9. The first-order valence-corrected chi connectivity index (χ1v) is 13.3. The zero-order chi connectivity index (χ0) is 22.1. The Hall–Kier alpha value is -0.610. The summed E-state index contributed by atoms with van der Waals surface area (Å²) in [5.41, 5.74) is 0. The molecule has 4 heteroatoms. The van der Waals surface area contributed by atoms with Gasteiger partial charge in [0.1, 0.15) is 0 Å². The molecule has 0 atom stereocenters. The van der Waals surface area contributed by atoms with Crippen LogP contribution in [0.15, 0.2) is 0 Å². The van der Waals surface area contributed by atoms with Crippen LogP contribution in [0.5, 0.6) is 0 Å². The molecule has 30 heavy (non-hydrogen) atoms. The summed E-state index contributed by atoms with van der Waals surface area (Å²) in [7, 11) is 4.21. The van der Waals surface area contributed by atoms with Gasteiger partial charge in [0.15, 0.2) is 0 Å². The Morgan fingerprint density at radius 1 is 0.600 bits per heavy atom. The maximum Gasteiger partial charge on any atom is 0.219 e. The van der Waals surface area contributed by atoms with Crippen molar-refractivity contribution < 1.29 is 4.79 Å². The van der Waals surface area contributed by atoms with E-state index in [4.69, 9.17) is 0 Å². The molecule has 0 bridgehead atoms. The molecule has 0 saturated carbocycles. The summed E-state index contributed by atoms with van der Waals surface area (Å²) >= 11 is 0. The fourth-order valence-corrected chi connectivity index (χ4v) is 3.83. The van der Waals surface area contributed by atoms with Crippen LogP contribution in [0.1, 0.15) is 122 Å². The highest BCUT2D eigenvalue weighted by Gasteiger charge is 2.00. The lowest BCUT2D eigenvalue weighted by atomic mass is 10.0. The first-order chi connectivity index (χ1) is 14.7. The van der Waals surface area contributed by atoms with Gasteiger partial charge in [-0.2, -0.15) is 0 Å². The average molecular weight is 426 g/mol. The largest absolute Gasteiger partial charge is 0.356 e. The van der Waals surface area contributed by atoms with E-state index in [0.29, 0.717) is 6.42 Å². The van der Waals surface area contributed by atoms with Crippen molar-refractivity contribution in [2.75, 3.05) is 40.3 Å². The van der Waals surface area contributed by atoms with Gasteiger partial charge in [-0.25, -0.2) is 0 Å². The van der Waals surface area contributed by atoms with Crippen LogP contribution in [0, 0.1) is 0 Å². The third kappa shape index (κ3) is 25.4. The highest BCUT2D eigenvalue weighted by atomic mass is 16.1. The lowest BCUT2D eigenvalue weighted by Crippen LogP contribution is -2.28. The molecule has 180 valence electrons. The van der Waals surface area contributed by atoms with Crippen molar-refractivity contribution in [3.8, 4) is 0 Å². The van der Waals surface area contributed by atoms with E-state index in [0.717, 1.165) is 39.0 Å². The van der Waals surface area contributed by atoms with Crippen molar-refractivity contribution >= 4 is 5.91 Å². The van der Waals surface area contributed by atoms with E-state index in [1.165, 1.54) is 96.3 Å². The Morgan fingerprint density at radius 3 is 1.57 bits per heavy atom. The first-order valence-electron chi connectivity index (χ1n) is 13.3. The minimum Gasteiger partial charge on any atom is -0.356 e. The van der Waals surface area contributed by atoms with Gasteiger partial charge in [-0.3, -0.25) is 4.79 Å². The van der Waals surface area contributed by atoms with E-state index in [2.05, 4.69) is 36.6 Å². The van der Waals surface area contributed by atoms with Crippen LogP contribution >= 0.6 is 0 Å². The Labute approximate surface area is 189 Å². The number of nitrogens with zero attached hydrogens (tertiary/aromatic N) is 1. The van der Waals surface area contributed by atoms with E-state index in [9.17, 15) is 4.79 Å². The van der Waals surface area contributed by atoms with E-state index < -0.39 is 0 Å². The number of unbranched alkanes of at least 4 members (excludes halogenated alkanes) is 14. The second kappa shape index (κ2) is 24.7.